The predicted molar refractivity (Wildman–Crippen MR) is 110 cm³/mol. The summed E-state index contributed by atoms with van der Waals surface area (Å²) in [5, 5.41) is 4.64. The maximum atomic E-state index is 6.22. The molecule has 0 radical (unpaired) electrons. The highest BCUT2D eigenvalue weighted by molar-refractivity contribution is 9.10. The Morgan fingerprint density at radius 2 is 2.27 bits per heavy atom. The van der Waals surface area contributed by atoms with E-state index in [1.165, 1.54) is 0 Å². The number of aromatic amines is 1. The molecule has 7 heteroatoms. The fourth-order valence-corrected chi connectivity index (χ4v) is 4.18. The number of nitrogens with two attached hydrogens (primary N) is 1. The summed E-state index contributed by atoms with van der Waals surface area (Å²) in [5.41, 5.74) is 11.6. The van der Waals surface area contributed by atoms with Gasteiger partial charge >= 0.3 is 0 Å². The molecule has 1 fully saturated rings. The van der Waals surface area contributed by atoms with Gasteiger partial charge in [-0.05, 0) is 46.8 Å². The molecule has 6 nitrogen and oxygen atoms in total. The topological polar surface area (TPSA) is 82.9 Å². The van der Waals surface area contributed by atoms with Crippen LogP contribution in [0.4, 0.5) is 11.4 Å². The maximum Gasteiger partial charge on any atom is 0.141 e. The molecule has 4 N–H and O–H groups in total. The Balaban J connectivity index is 1.68. The number of anilines is 2. The van der Waals surface area contributed by atoms with Gasteiger partial charge in [0.05, 0.1) is 21.2 Å². The van der Waals surface area contributed by atoms with Gasteiger partial charge in [-0.3, -0.25) is 4.98 Å². The fourth-order valence-electron chi connectivity index (χ4n) is 3.63. The van der Waals surface area contributed by atoms with E-state index in [-0.39, 0.29) is 6.04 Å². The highest BCUT2D eigenvalue weighted by Gasteiger charge is 2.23. The van der Waals surface area contributed by atoms with Crippen LogP contribution in [0.15, 0.2) is 35.3 Å². The van der Waals surface area contributed by atoms with E-state index < -0.39 is 0 Å². The largest absolute Gasteiger partial charge is 0.379 e. The summed E-state index contributed by atoms with van der Waals surface area (Å²) in [6, 6.07) is 2.36. The van der Waals surface area contributed by atoms with E-state index in [2.05, 4.69) is 54.1 Å². The van der Waals surface area contributed by atoms with Crippen molar-refractivity contribution in [1.82, 2.24) is 15.0 Å². The summed E-state index contributed by atoms with van der Waals surface area (Å²) in [6.45, 7) is 4.65. The van der Waals surface area contributed by atoms with Gasteiger partial charge < -0.3 is 20.9 Å². The Labute approximate surface area is 161 Å². The van der Waals surface area contributed by atoms with E-state index in [0.717, 1.165) is 63.9 Å². The number of aryl methyl sites for hydroxylation is 1. The van der Waals surface area contributed by atoms with Gasteiger partial charge in [0.2, 0.25) is 0 Å². The van der Waals surface area contributed by atoms with Crippen LogP contribution in [-0.2, 0) is 6.54 Å². The van der Waals surface area contributed by atoms with Crippen molar-refractivity contribution in [3.63, 3.8) is 0 Å². The molecule has 1 saturated heterocycles. The number of halogens is 1. The monoisotopic (exact) mass is 414 g/mol. The number of hydrogen-bond donors (Lipinski definition) is 3. The van der Waals surface area contributed by atoms with Crippen molar-refractivity contribution in [1.29, 1.82) is 0 Å². The van der Waals surface area contributed by atoms with E-state index >= 15 is 0 Å². The number of aromatic nitrogens is 3. The SMILES string of the molecule is Cc1cncc(CNc2c[nH]c3ncc(Br)c(N4CCC[C@@H](N)C4)c23)c1. The quantitative estimate of drug-likeness (QED) is 0.607. The number of rotatable bonds is 4. The molecule has 4 rings (SSSR count). The normalized spacial score (nSPS) is 17.7. The highest BCUT2D eigenvalue weighted by atomic mass is 79.9. The van der Waals surface area contributed by atoms with Crippen LogP contribution in [-0.4, -0.2) is 34.1 Å². The summed E-state index contributed by atoms with van der Waals surface area (Å²) >= 11 is 3.70. The summed E-state index contributed by atoms with van der Waals surface area (Å²) in [6.07, 6.45) is 9.81. The lowest BCUT2D eigenvalue weighted by Gasteiger charge is -2.33. The molecule has 26 heavy (non-hydrogen) atoms. The first-order chi connectivity index (χ1) is 12.6. The number of pyridine rings is 2. The molecular weight excluding hydrogens is 392 g/mol. The second-order valence-corrected chi connectivity index (χ2v) is 7.81. The predicted octanol–water partition coefficient (Wildman–Crippen LogP) is 3.57. The van der Waals surface area contributed by atoms with Crippen LogP contribution >= 0.6 is 15.9 Å². The molecule has 1 aliphatic rings. The zero-order valence-electron chi connectivity index (χ0n) is 14.8. The summed E-state index contributed by atoms with van der Waals surface area (Å²) in [5.74, 6) is 0. The van der Waals surface area contributed by atoms with Crippen molar-refractivity contribution in [2.24, 2.45) is 5.73 Å². The molecule has 0 amide bonds. The van der Waals surface area contributed by atoms with Crippen LogP contribution < -0.4 is 16.0 Å². The summed E-state index contributed by atoms with van der Waals surface area (Å²) < 4.78 is 0.999. The first-order valence-corrected chi connectivity index (χ1v) is 9.71. The van der Waals surface area contributed by atoms with Gasteiger partial charge in [0.25, 0.3) is 0 Å². The lowest BCUT2D eigenvalue weighted by atomic mass is 10.1. The average Bonchev–Trinajstić information content (AvgIpc) is 3.03. The van der Waals surface area contributed by atoms with Crippen molar-refractivity contribution in [3.8, 4) is 0 Å². The van der Waals surface area contributed by atoms with Gasteiger partial charge in [-0.15, -0.1) is 0 Å². The van der Waals surface area contributed by atoms with Gasteiger partial charge in [0, 0.05) is 50.5 Å². The number of nitrogens with one attached hydrogen (secondary N) is 2. The van der Waals surface area contributed by atoms with Gasteiger partial charge in [0.1, 0.15) is 5.65 Å². The van der Waals surface area contributed by atoms with E-state index in [1.807, 2.05) is 24.8 Å². The zero-order chi connectivity index (χ0) is 18.1. The summed E-state index contributed by atoms with van der Waals surface area (Å²) in [7, 11) is 0. The van der Waals surface area contributed by atoms with Crippen LogP contribution in [0, 0.1) is 6.92 Å². The molecule has 0 bridgehead atoms. The Morgan fingerprint density at radius 1 is 1.38 bits per heavy atom. The Hall–Kier alpha value is -2.12. The molecule has 3 aromatic heterocycles. The highest BCUT2D eigenvalue weighted by Crippen LogP contribution is 2.38. The molecule has 0 saturated carbocycles. The van der Waals surface area contributed by atoms with Crippen LogP contribution in [0.2, 0.25) is 0 Å². The first-order valence-electron chi connectivity index (χ1n) is 8.92. The van der Waals surface area contributed by atoms with Crippen molar-refractivity contribution in [2.75, 3.05) is 23.3 Å². The van der Waals surface area contributed by atoms with Crippen molar-refractivity contribution in [3.05, 3.63) is 46.5 Å². The number of hydrogen-bond acceptors (Lipinski definition) is 5. The van der Waals surface area contributed by atoms with Crippen molar-refractivity contribution >= 4 is 38.3 Å². The van der Waals surface area contributed by atoms with Crippen LogP contribution in [0.25, 0.3) is 11.0 Å². The van der Waals surface area contributed by atoms with E-state index in [4.69, 9.17) is 5.73 Å². The number of piperidine rings is 1. The van der Waals surface area contributed by atoms with Gasteiger partial charge in [-0.1, -0.05) is 6.07 Å². The smallest absolute Gasteiger partial charge is 0.141 e. The van der Waals surface area contributed by atoms with Crippen LogP contribution in [0.5, 0.6) is 0 Å². The fraction of sp³-hybridized carbons (Fsp3) is 0.368. The molecule has 3 aromatic rings. The minimum Gasteiger partial charge on any atom is -0.379 e. The molecular formula is C19H23BrN6. The second-order valence-electron chi connectivity index (χ2n) is 6.95. The number of nitrogens with zero attached hydrogens (tertiary/aromatic N) is 3. The molecule has 1 aliphatic heterocycles. The molecule has 0 unspecified atom stereocenters. The molecule has 0 spiro atoms. The van der Waals surface area contributed by atoms with E-state index in [0.29, 0.717) is 6.54 Å². The van der Waals surface area contributed by atoms with Crippen molar-refractivity contribution < 1.29 is 0 Å². The minimum atomic E-state index is 0.215. The molecule has 136 valence electrons. The van der Waals surface area contributed by atoms with Gasteiger partial charge in [-0.25, -0.2) is 4.98 Å². The summed E-state index contributed by atoms with van der Waals surface area (Å²) in [4.78, 5) is 14.5. The van der Waals surface area contributed by atoms with Gasteiger partial charge in [-0.2, -0.15) is 0 Å². The Bertz CT molecular complexity index is 922. The minimum absolute atomic E-state index is 0.215. The third-order valence-corrected chi connectivity index (χ3v) is 5.40. The van der Waals surface area contributed by atoms with Gasteiger partial charge in [0.15, 0.2) is 0 Å². The standard InChI is InChI=1S/C19H23BrN6/c1-12-5-13(7-22-6-12)8-23-16-10-25-19-17(16)18(15(20)9-24-19)26-4-2-3-14(21)11-26/h5-7,9-10,14,23H,2-4,8,11,21H2,1H3,(H,24,25)/t14-/m1/s1. The van der Waals surface area contributed by atoms with Crippen LogP contribution in [0.1, 0.15) is 24.0 Å². The number of H-pyrrole nitrogens is 1. The lowest BCUT2D eigenvalue weighted by Crippen LogP contribution is -2.43. The Morgan fingerprint density at radius 3 is 3.08 bits per heavy atom. The average molecular weight is 415 g/mol. The third kappa shape index (κ3) is 3.41. The molecule has 1 atom stereocenters. The lowest BCUT2D eigenvalue weighted by molar-refractivity contribution is 0.506. The molecule has 4 heterocycles. The second kappa shape index (κ2) is 7.25. The molecule has 0 aromatic carbocycles. The molecule has 0 aliphatic carbocycles. The first kappa shape index (κ1) is 17.3. The zero-order valence-corrected chi connectivity index (χ0v) is 16.4. The third-order valence-electron chi connectivity index (χ3n) is 4.82. The van der Waals surface area contributed by atoms with E-state index in [1.54, 1.807) is 0 Å². The number of fused-ring (bicyclic) bond motifs is 1. The maximum absolute atomic E-state index is 6.22. The Kier molecular flexibility index (Phi) is 4.82. The van der Waals surface area contributed by atoms with Crippen molar-refractivity contribution in [2.45, 2.75) is 32.4 Å². The van der Waals surface area contributed by atoms with Crippen LogP contribution in [0.3, 0.4) is 0 Å². The van der Waals surface area contributed by atoms with E-state index in [9.17, 15) is 0 Å².